The molecule has 0 bridgehead atoms. The van der Waals surface area contributed by atoms with Gasteiger partial charge < -0.3 is 4.74 Å². The predicted octanol–water partition coefficient (Wildman–Crippen LogP) is 3.14. The lowest BCUT2D eigenvalue weighted by atomic mass is 10.3. The first kappa shape index (κ1) is 11.6. The highest BCUT2D eigenvalue weighted by molar-refractivity contribution is 7.48. The SMILES string of the molecule is COc1ccccc1O[P+](=O)c1ccccc1. The van der Waals surface area contributed by atoms with Gasteiger partial charge in [0, 0.05) is 0 Å². The molecule has 0 spiro atoms. The van der Waals surface area contributed by atoms with Crippen LogP contribution in [0.5, 0.6) is 11.5 Å². The van der Waals surface area contributed by atoms with Crippen molar-refractivity contribution < 1.29 is 13.8 Å². The van der Waals surface area contributed by atoms with Crippen LogP contribution < -0.4 is 14.6 Å². The number of methoxy groups -OCH3 is 1. The van der Waals surface area contributed by atoms with Gasteiger partial charge in [0.05, 0.1) is 7.11 Å². The number of hydrogen-bond acceptors (Lipinski definition) is 3. The maximum atomic E-state index is 12.0. The molecule has 2 aromatic carbocycles. The number of rotatable bonds is 4. The smallest absolute Gasteiger partial charge is 0.493 e. The predicted molar refractivity (Wildman–Crippen MR) is 67.3 cm³/mol. The van der Waals surface area contributed by atoms with Crippen LogP contribution >= 0.6 is 8.03 Å². The largest absolute Gasteiger partial charge is 0.597 e. The van der Waals surface area contributed by atoms with E-state index in [1.807, 2.05) is 30.3 Å². The Bertz CT molecular complexity index is 511. The molecular weight excluding hydrogens is 235 g/mol. The molecule has 2 aromatic rings. The van der Waals surface area contributed by atoms with Crippen molar-refractivity contribution in [3.8, 4) is 11.5 Å². The summed E-state index contributed by atoms with van der Waals surface area (Å²) in [6.07, 6.45) is 0. The second kappa shape index (κ2) is 5.46. The summed E-state index contributed by atoms with van der Waals surface area (Å²) in [6, 6.07) is 16.2. The Balaban J connectivity index is 2.19. The monoisotopic (exact) mass is 247 g/mol. The zero-order valence-corrected chi connectivity index (χ0v) is 10.3. The van der Waals surface area contributed by atoms with E-state index < -0.39 is 8.03 Å². The van der Waals surface area contributed by atoms with Crippen molar-refractivity contribution >= 4 is 13.3 Å². The van der Waals surface area contributed by atoms with Crippen molar-refractivity contribution in [2.24, 2.45) is 0 Å². The van der Waals surface area contributed by atoms with Crippen LogP contribution in [0.2, 0.25) is 0 Å². The molecule has 0 heterocycles. The number of ether oxygens (including phenoxy) is 1. The zero-order valence-electron chi connectivity index (χ0n) is 9.37. The molecule has 4 heteroatoms. The Morgan fingerprint density at radius 1 is 0.882 bits per heavy atom. The van der Waals surface area contributed by atoms with Gasteiger partial charge in [-0.25, -0.2) is 4.52 Å². The number of hydrogen-bond donors (Lipinski definition) is 0. The third-order valence-corrected chi connectivity index (χ3v) is 3.30. The fourth-order valence-corrected chi connectivity index (χ4v) is 2.24. The van der Waals surface area contributed by atoms with Crippen LogP contribution in [0.3, 0.4) is 0 Å². The first-order chi connectivity index (χ1) is 8.31. The molecule has 0 radical (unpaired) electrons. The van der Waals surface area contributed by atoms with Crippen molar-refractivity contribution in [2.45, 2.75) is 0 Å². The van der Waals surface area contributed by atoms with Crippen LogP contribution in [0, 0.1) is 0 Å². The third-order valence-electron chi connectivity index (χ3n) is 2.22. The van der Waals surface area contributed by atoms with Gasteiger partial charge in [0.15, 0.2) is 5.75 Å². The molecule has 2 rings (SSSR count). The summed E-state index contributed by atoms with van der Waals surface area (Å²) in [5, 5.41) is 0.661. The lowest BCUT2D eigenvalue weighted by Gasteiger charge is -2.01. The fourth-order valence-electron chi connectivity index (χ4n) is 1.39. The molecule has 86 valence electrons. The van der Waals surface area contributed by atoms with Crippen LogP contribution in [0.15, 0.2) is 54.6 Å². The third kappa shape index (κ3) is 2.83. The summed E-state index contributed by atoms with van der Waals surface area (Å²) in [4.78, 5) is 0. The van der Waals surface area contributed by atoms with Crippen LogP contribution in [0.25, 0.3) is 0 Å². The van der Waals surface area contributed by atoms with Crippen molar-refractivity contribution in [1.29, 1.82) is 0 Å². The summed E-state index contributed by atoms with van der Waals surface area (Å²) >= 11 is 0. The molecule has 0 aliphatic rings. The van der Waals surface area contributed by atoms with Gasteiger partial charge in [-0.05, 0) is 28.8 Å². The average Bonchev–Trinajstić information content (AvgIpc) is 2.40. The van der Waals surface area contributed by atoms with Gasteiger partial charge in [-0.15, -0.1) is 0 Å². The van der Waals surface area contributed by atoms with E-state index in [1.54, 1.807) is 31.4 Å². The molecule has 3 nitrogen and oxygen atoms in total. The molecule has 0 fully saturated rings. The lowest BCUT2D eigenvalue weighted by Crippen LogP contribution is -1.99. The highest BCUT2D eigenvalue weighted by Gasteiger charge is 2.24. The van der Waals surface area contributed by atoms with Crippen molar-refractivity contribution in [2.75, 3.05) is 7.11 Å². The molecule has 0 aliphatic heterocycles. The van der Waals surface area contributed by atoms with Gasteiger partial charge in [0.2, 0.25) is 11.1 Å². The number of para-hydroxylation sites is 2. The van der Waals surface area contributed by atoms with E-state index >= 15 is 0 Å². The van der Waals surface area contributed by atoms with Gasteiger partial charge in [-0.1, -0.05) is 30.3 Å². The quantitative estimate of drug-likeness (QED) is 0.778. The maximum absolute atomic E-state index is 12.0. The van der Waals surface area contributed by atoms with Crippen molar-refractivity contribution in [1.82, 2.24) is 0 Å². The Labute approximate surface area is 101 Å². The van der Waals surface area contributed by atoms with Gasteiger partial charge in [-0.3, -0.25) is 0 Å². The van der Waals surface area contributed by atoms with E-state index in [0.717, 1.165) is 0 Å². The summed E-state index contributed by atoms with van der Waals surface area (Å²) < 4.78 is 22.5. The molecule has 0 saturated heterocycles. The van der Waals surface area contributed by atoms with Crippen LogP contribution in [-0.2, 0) is 4.57 Å². The normalized spacial score (nSPS) is 10.8. The minimum absolute atomic E-state index is 0.486. The zero-order chi connectivity index (χ0) is 12.1. The van der Waals surface area contributed by atoms with E-state index in [9.17, 15) is 4.57 Å². The summed E-state index contributed by atoms with van der Waals surface area (Å²) in [5.41, 5.74) is 0. The standard InChI is InChI=1S/C13H12O3P/c1-15-12-9-5-6-10-13(12)16-17(14)11-7-3-2-4-8-11/h2-10H,1H3/q+1. The topological polar surface area (TPSA) is 35.5 Å². The fraction of sp³-hybridized carbons (Fsp3) is 0.0769. The molecule has 0 saturated carbocycles. The van der Waals surface area contributed by atoms with E-state index in [0.29, 0.717) is 16.8 Å². The Kier molecular flexibility index (Phi) is 3.73. The van der Waals surface area contributed by atoms with Gasteiger partial charge in [0.25, 0.3) is 0 Å². The van der Waals surface area contributed by atoms with Gasteiger partial charge >= 0.3 is 8.03 Å². The second-order valence-electron chi connectivity index (χ2n) is 3.33. The first-order valence-electron chi connectivity index (χ1n) is 5.14. The Hall–Kier alpha value is -1.86. The summed E-state index contributed by atoms with van der Waals surface area (Å²) in [7, 11) is -0.351. The van der Waals surface area contributed by atoms with E-state index in [4.69, 9.17) is 9.26 Å². The maximum Gasteiger partial charge on any atom is 0.597 e. The highest BCUT2D eigenvalue weighted by atomic mass is 31.1. The average molecular weight is 247 g/mol. The van der Waals surface area contributed by atoms with Crippen LogP contribution in [0.1, 0.15) is 0 Å². The van der Waals surface area contributed by atoms with E-state index in [1.165, 1.54) is 0 Å². The first-order valence-corrected chi connectivity index (χ1v) is 6.32. The molecule has 0 N–H and O–H groups in total. The van der Waals surface area contributed by atoms with Crippen molar-refractivity contribution in [3.63, 3.8) is 0 Å². The molecule has 0 amide bonds. The molecule has 1 atom stereocenters. The highest BCUT2D eigenvalue weighted by Crippen LogP contribution is 2.33. The number of benzene rings is 2. The Morgan fingerprint density at radius 2 is 1.47 bits per heavy atom. The minimum Gasteiger partial charge on any atom is -0.493 e. The summed E-state index contributed by atoms with van der Waals surface area (Å²) in [6.45, 7) is 0. The molecule has 0 aliphatic carbocycles. The van der Waals surface area contributed by atoms with E-state index in [2.05, 4.69) is 0 Å². The second-order valence-corrected chi connectivity index (χ2v) is 4.55. The van der Waals surface area contributed by atoms with E-state index in [-0.39, 0.29) is 0 Å². The molecule has 17 heavy (non-hydrogen) atoms. The lowest BCUT2D eigenvalue weighted by molar-refractivity contribution is 0.394. The summed E-state index contributed by atoms with van der Waals surface area (Å²) in [5.74, 6) is 1.06. The molecular formula is C13H12O3P+. The molecule has 0 aromatic heterocycles. The molecule has 1 unspecified atom stereocenters. The van der Waals surface area contributed by atoms with Crippen molar-refractivity contribution in [3.05, 3.63) is 54.6 Å². The minimum atomic E-state index is -1.90. The Morgan fingerprint density at radius 3 is 2.12 bits per heavy atom. The van der Waals surface area contributed by atoms with Crippen LogP contribution in [-0.4, -0.2) is 7.11 Å². The van der Waals surface area contributed by atoms with Gasteiger partial charge in [-0.2, -0.15) is 0 Å². The van der Waals surface area contributed by atoms with Crippen LogP contribution in [0.4, 0.5) is 0 Å². The van der Waals surface area contributed by atoms with Gasteiger partial charge in [0.1, 0.15) is 0 Å².